The highest BCUT2D eigenvalue weighted by Crippen LogP contribution is 2.38. The van der Waals surface area contributed by atoms with Gasteiger partial charge >= 0.3 is 0 Å². The molecule has 0 radical (unpaired) electrons. The molecule has 0 atom stereocenters. The van der Waals surface area contributed by atoms with Crippen LogP contribution >= 0.6 is 23.1 Å². The van der Waals surface area contributed by atoms with Crippen molar-refractivity contribution in [2.24, 2.45) is 0 Å². The van der Waals surface area contributed by atoms with Crippen LogP contribution < -0.4 is 5.32 Å². The van der Waals surface area contributed by atoms with E-state index in [-0.39, 0.29) is 10.6 Å². The van der Waals surface area contributed by atoms with Gasteiger partial charge in [-0.15, -0.1) is 16.8 Å². The van der Waals surface area contributed by atoms with E-state index < -0.39 is 14.9 Å². The highest BCUT2D eigenvalue weighted by Gasteiger charge is 2.28. The third-order valence-electron chi connectivity index (χ3n) is 4.33. The lowest BCUT2D eigenvalue weighted by atomic mass is 10.2. The van der Waals surface area contributed by atoms with Crippen LogP contribution in [0.15, 0.2) is 45.0 Å². The van der Waals surface area contributed by atoms with Crippen LogP contribution in [0.2, 0.25) is 0 Å². The van der Waals surface area contributed by atoms with E-state index in [1.54, 1.807) is 6.08 Å². The minimum Gasteiger partial charge on any atom is -0.357 e. The fourth-order valence-electron chi connectivity index (χ4n) is 2.89. The van der Waals surface area contributed by atoms with Crippen LogP contribution in [0.4, 0.5) is 10.8 Å². The maximum Gasteiger partial charge on any atom is 0.284 e. The average Bonchev–Trinajstić information content (AvgIpc) is 2.96. The van der Waals surface area contributed by atoms with E-state index in [1.807, 2.05) is 0 Å². The first-order valence-electron chi connectivity index (χ1n) is 9.06. The van der Waals surface area contributed by atoms with Crippen molar-refractivity contribution >= 4 is 43.9 Å². The number of nitrogens with one attached hydrogen (secondary N) is 1. The number of anilines is 1. The van der Waals surface area contributed by atoms with Gasteiger partial charge in [0.25, 0.3) is 5.69 Å². The van der Waals surface area contributed by atoms with Crippen LogP contribution in [-0.2, 0) is 10.0 Å². The van der Waals surface area contributed by atoms with Crippen molar-refractivity contribution in [1.82, 2.24) is 14.5 Å². The summed E-state index contributed by atoms with van der Waals surface area (Å²) in [7, 11) is -3.76. The zero-order valence-corrected chi connectivity index (χ0v) is 18.1. The minimum absolute atomic E-state index is 0.0546. The summed E-state index contributed by atoms with van der Waals surface area (Å²) in [6, 6.07) is 4.03. The molecule has 1 aliphatic rings. The van der Waals surface area contributed by atoms with Gasteiger partial charge in [0.15, 0.2) is 4.34 Å². The number of hydrogen-bond acceptors (Lipinski definition) is 9. The van der Waals surface area contributed by atoms with Crippen molar-refractivity contribution in [3.63, 3.8) is 0 Å². The van der Waals surface area contributed by atoms with E-state index in [2.05, 4.69) is 22.1 Å². The summed E-state index contributed by atoms with van der Waals surface area (Å²) < 4.78 is 27.8. The zero-order valence-electron chi connectivity index (χ0n) is 15.6. The standard InChI is InChI=1S/C17H21N5O4S3/c1-2-9-18-16-19-20-17(28-16)27-15-8-7-13(12-14(15)22(23)24)29(25,26)21-10-5-3-4-6-11-21/h2,7-8,12H,1,3-6,9-11H2,(H,18,19). The smallest absolute Gasteiger partial charge is 0.284 e. The monoisotopic (exact) mass is 455 g/mol. The zero-order chi connectivity index (χ0) is 20.9. The molecular weight excluding hydrogens is 434 g/mol. The van der Waals surface area contributed by atoms with E-state index >= 15 is 0 Å². The highest BCUT2D eigenvalue weighted by atomic mass is 32.2. The third kappa shape index (κ3) is 5.32. The highest BCUT2D eigenvalue weighted by molar-refractivity contribution is 8.01. The van der Waals surface area contributed by atoms with Gasteiger partial charge in [0.2, 0.25) is 15.2 Å². The molecule has 0 bridgehead atoms. The molecule has 29 heavy (non-hydrogen) atoms. The predicted octanol–water partition coefficient (Wildman–Crippen LogP) is 3.76. The summed E-state index contributed by atoms with van der Waals surface area (Å²) in [5.74, 6) is 0. The average molecular weight is 456 g/mol. The van der Waals surface area contributed by atoms with Crippen LogP contribution in [0.3, 0.4) is 0 Å². The Bertz CT molecular complexity index is 985. The van der Waals surface area contributed by atoms with Crippen LogP contribution in [0, 0.1) is 10.1 Å². The first-order valence-corrected chi connectivity index (χ1v) is 12.1. The van der Waals surface area contributed by atoms with Crippen LogP contribution in [-0.4, -0.2) is 47.5 Å². The molecular formula is C17H21N5O4S3. The topological polar surface area (TPSA) is 118 Å². The number of rotatable bonds is 8. The summed E-state index contributed by atoms with van der Waals surface area (Å²) in [5, 5.41) is 23.2. The lowest BCUT2D eigenvalue weighted by Crippen LogP contribution is -2.31. The molecule has 0 unspecified atom stereocenters. The summed E-state index contributed by atoms with van der Waals surface area (Å²) in [6.07, 6.45) is 5.27. The normalized spacial score (nSPS) is 15.6. The molecule has 1 aliphatic heterocycles. The van der Waals surface area contributed by atoms with Gasteiger partial charge in [-0.2, -0.15) is 4.31 Å². The van der Waals surface area contributed by atoms with Gasteiger partial charge in [0, 0.05) is 25.7 Å². The van der Waals surface area contributed by atoms with Crippen LogP contribution in [0.1, 0.15) is 25.7 Å². The van der Waals surface area contributed by atoms with E-state index in [9.17, 15) is 18.5 Å². The van der Waals surface area contributed by atoms with Gasteiger partial charge in [-0.3, -0.25) is 10.1 Å². The van der Waals surface area contributed by atoms with Gasteiger partial charge in [0.1, 0.15) is 0 Å². The molecule has 1 fully saturated rings. The lowest BCUT2D eigenvalue weighted by Gasteiger charge is -2.20. The lowest BCUT2D eigenvalue weighted by molar-refractivity contribution is -0.388. The summed E-state index contributed by atoms with van der Waals surface area (Å²) in [5.41, 5.74) is -0.262. The summed E-state index contributed by atoms with van der Waals surface area (Å²) >= 11 is 2.34. The van der Waals surface area contributed by atoms with Crippen molar-refractivity contribution in [2.45, 2.75) is 39.8 Å². The van der Waals surface area contributed by atoms with Crippen LogP contribution in [0.25, 0.3) is 0 Å². The number of benzene rings is 1. The molecule has 0 spiro atoms. The molecule has 9 nitrogen and oxygen atoms in total. The molecule has 1 aromatic carbocycles. The summed E-state index contributed by atoms with van der Waals surface area (Å²) in [6.45, 7) is 5.02. The molecule has 156 valence electrons. The first kappa shape index (κ1) is 21.7. The van der Waals surface area contributed by atoms with Crippen molar-refractivity contribution in [3.8, 4) is 0 Å². The minimum atomic E-state index is -3.76. The SMILES string of the molecule is C=CCNc1nnc(Sc2ccc(S(=O)(=O)N3CCCCCC3)cc2[N+](=O)[O-])s1. The Labute approximate surface area is 177 Å². The largest absolute Gasteiger partial charge is 0.357 e. The molecule has 3 rings (SSSR count). The Hall–Kier alpha value is -2.02. The second kappa shape index (κ2) is 9.65. The maximum absolute atomic E-state index is 12.9. The fraction of sp³-hybridized carbons (Fsp3) is 0.412. The Kier molecular flexibility index (Phi) is 7.22. The summed E-state index contributed by atoms with van der Waals surface area (Å²) in [4.78, 5) is 11.3. The molecule has 1 aromatic heterocycles. The number of hydrogen-bond donors (Lipinski definition) is 1. The Morgan fingerprint density at radius 2 is 2.00 bits per heavy atom. The van der Waals surface area contributed by atoms with E-state index in [0.29, 0.717) is 34.0 Å². The molecule has 2 heterocycles. The van der Waals surface area contributed by atoms with Crippen molar-refractivity contribution < 1.29 is 13.3 Å². The number of nitro groups is 1. The van der Waals surface area contributed by atoms with Crippen molar-refractivity contribution in [2.75, 3.05) is 25.0 Å². The second-order valence-corrected chi connectivity index (χ2v) is 10.6. The van der Waals surface area contributed by atoms with Gasteiger partial charge in [-0.1, -0.05) is 30.3 Å². The molecule has 1 saturated heterocycles. The molecule has 2 aromatic rings. The second-order valence-electron chi connectivity index (χ2n) is 6.35. The van der Waals surface area contributed by atoms with E-state index in [1.165, 1.54) is 27.8 Å². The number of nitrogens with zero attached hydrogens (tertiary/aromatic N) is 4. The molecule has 0 amide bonds. The quantitative estimate of drug-likeness (QED) is 0.363. The van der Waals surface area contributed by atoms with E-state index in [0.717, 1.165) is 43.5 Å². The predicted molar refractivity (Wildman–Crippen MR) is 113 cm³/mol. The van der Waals surface area contributed by atoms with Crippen LogP contribution in [0.5, 0.6) is 0 Å². The Morgan fingerprint density at radius 1 is 1.28 bits per heavy atom. The third-order valence-corrected chi connectivity index (χ3v) is 8.22. The number of sulfonamides is 1. The maximum atomic E-state index is 12.9. The van der Waals surface area contributed by atoms with Gasteiger partial charge < -0.3 is 5.32 Å². The van der Waals surface area contributed by atoms with Gasteiger partial charge in [-0.25, -0.2) is 8.42 Å². The Balaban J connectivity index is 1.86. The molecule has 0 aliphatic carbocycles. The molecule has 1 N–H and O–H groups in total. The fourth-order valence-corrected chi connectivity index (χ4v) is 6.23. The molecule has 0 saturated carbocycles. The number of nitro benzene ring substituents is 1. The first-order chi connectivity index (χ1) is 13.9. The Morgan fingerprint density at radius 3 is 2.66 bits per heavy atom. The van der Waals surface area contributed by atoms with Crippen molar-refractivity contribution in [3.05, 3.63) is 41.0 Å². The van der Waals surface area contributed by atoms with Gasteiger partial charge in [0.05, 0.1) is 14.7 Å². The number of aromatic nitrogens is 2. The molecule has 12 heteroatoms. The van der Waals surface area contributed by atoms with E-state index in [4.69, 9.17) is 0 Å². The van der Waals surface area contributed by atoms with Gasteiger partial charge in [-0.05, 0) is 36.7 Å². The van der Waals surface area contributed by atoms with Crippen molar-refractivity contribution in [1.29, 1.82) is 0 Å².